The maximum atomic E-state index is 11.5. The van der Waals surface area contributed by atoms with Gasteiger partial charge in [-0.15, -0.1) is 0 Å². The van der Waals surface area contributed by atoms with Gasteiger partial charge in [-0.3, -0.25) is 14.5 Å². The Morgan fingerprint density at radius 1 is 0.958 bits per heavy atom. The Labute approximate surface area is 146 Å². The zero-order chi connectivity index (χ0) is 18.5. The van der Waals surface area contributed by atoms with Crippen molar-refractivity contribution in [1.29, 1.82) is 0 Å². The molecule has 0 N–H and O–H groups in total. The van der Waals surface area contributed by atoms with Crippen LogP contribution in [0.15, 0.2) is 48.5 Å². The molecule has 0 saturated heterocycles. The van der Waals surface area contributed by atoms with Crippen LogP contribution in [0.4, 0.5) is 0 Å². The van der Waals surface area contributed by atoms with E-state index in [0.717, 1.165) is 10.5 Å². The number of nitrogens with zero attached hydrogens (tertiary/aromatic N) is 1. The van der Waals surface area contributed by atoms with Gasteiger partial charge in [0.05, 0.1) is 0 Å². The van der Waals surface area contributed by atoms with Crippen molar-refractivity contribution in [3.8, 4) is 0 Å². The van der Waals surface area contributed by atoms with Crippen LogP contribution in [0.1, 0.15) is 47.3 Å². The molecule has 0 unspecified atom stereocenters. The summed E-state index contributed by atoms with van der Waals surface area (Å²) in [4.78, 5) is 22.9. The van der Waals surface area contributed by atoms with Crippen molar-refractivity contribution in [2.24, 2.45) is 0 Å². The highest BCUT2D eigenvalue weighted by atomic mass is 16.2. The molecule has 3 nitrogen and oxygen atoms in total. The van der Waals surface area contributed by atoms with Crippen LogP contribution in [-0.4, -0.2) is 24.3 Å². The predicted molar refractivity (Wildman–Crippen MR) is 101 cm³/mol. The van der Waals surface area contributed by atoms with Gasteiger partial charge < -0.3 is 0 Å². The van der Waals surface area contributed by atoms with Crippen LogP contribution in [0.25, 0.3) is 0 Å². The minimum atomic E-state index is -0.270. The lowest BCUT2D eigenvalue weighted by atomic mass is 10.1. The van der Waals surface area contributed by atoms with E-state index in [2.05, 4.69) is 52.0 Å². The summed E-state index contributed by atoms with van der Waals surface area (Å²) in [7, 11) is 1.45. The zero-order valence-corrected chi connectivity index (χ0v) is 15.7. The highest BCUT2D eigenvalue weighted by Crippen LogP contribution is 2.08. The number of carbonyl (C=O) groups is 2. The van der Waals surface area contributed by atoms with E-state index in [4.69, 9.17) is 0 Å². The van der Waals surface area contributed by atoms with Crippen molar-refractivity contribution in [2.45, 2.75) is 41.0 Å². The summed E-state index contributed by atoms with van der Waals surface area (Å²) in [5, 5.41) is 0. The van der Waals surface area contributed by atoms with E-state index < -0.39 is 0 Å². The van der Waals surface area contributed by atoms with Crippen molar-refractivity contribution in [3.05, 3.63) is 70.8 Å². The standard InChI is InChI=1S/C10H11NO2.C8H10.C3H8/c1-8-5-3-4-6-9(8)10(13)11(2)7-12;1-7-4-3-5-8(2)6-7;1-3-2/h3-7H,1-2H3;3-6H,1-2H3;3H2,1-2H3. The topological polar surface area (TPSA) is 37.4 Å². The van der Waals surface area contributed by atoms with Crippen LogP contribution >= 0.6 is 0 Å². The molecule has 0 spiro atoms. The van der Waals surface area contributed by atoms with Gasteiger partial charge in [0.25, 0.3) is 5.91 Å². The summed E-state index contributed by atoms with van der Waals surface area (Å²) in [6, 6.07) is 15.6. The van der Waals surface area contributed by atoms with Gasteiger partial charge in [0, 0.05) is 12.6 Å². The summed E-state index contributed by atoms with van der Waals surface area (Å²) < 4.78 is 0. The van der Waals surface area contributed by atoms with Crippen LogP contribution in [0.2, 0.25) is 0 Å². The molecule has 3 heteroatoms. The van der Waals surface area contributed by atoms with Crippen LogP contribution < -0.4 is 0 Å². The third-order valence-electron chi connectivity index (χ3n) is 3.03. The lowest BCUT2D eigenvalue weighted by Gasteiger charge is -2.10. The molecule has 0 aromatic heterocycles. The van der Waals surface area contributed by atoms with Crippen LogP contribution in [-0.2, 0) is 4.79 Å². The lowest BCUT2D eigenvalue weighted by Crippen LogP contribution is -2.25. The average molecular weight is 327 g/mol. The smallest absolute Gasteiger partial charge is 0.260 e. The molecular formula is C21H29NO2. The molecule has 24 heavy (non-hydrogen) atoms. The molecule has 0 radical (unpaired) electrons. The molecule has 2 aromatic rings. The summed E-state index contributed by atoms with van der Waals surface area (Å²) in [6.07, 6.45) is 1.76. The molecular weight excluding hydrogens is 298 g/mol. The van der Waals surface area contributed by atoms with E-state index in [1.54, 1.807) is 12.1 Å². The first-order valence-corrected chi connectivity index (χ1v) is 8.18. The Balaban J connectivity index is 0.000000409. The molecule has 2 aromatic carbocycles. The number of hydrogen-bond donors (Lipinski definition) is 0. The largest absolute Gasteiger partial charge is 0.284 e. The summed E-state index contributed by atoms with van der Waals surface area (Å²) in [6.45, 7) is 10.3. The maximum Gasteiger partial charge on any atom is 0.260 e. The lowest BCUT2D eigenvalue weighted by molar-refractivity contribution is -0.115. The molecule has 0 aliphatic carbocycles. The molecule has 2 amide bonds. The van der Waals surface area contributed by atoms with Gasteiger partial charge in [0.15, 0.2) is 0 Å². The van der Waals surface area contributed by atoms with Crippen molar-refractivity contribution in [1.82, 2.24) is 4.90 Å². The van der Waals surface area contributed by atoms with E-state index in [1.807, 2.05) is 19.1 Å². The molecule has 0 bridgehead atoms. The second-order valence-corrected chi connectivity index (χ2v) is 5.70. The van der Waals surface area contributed by atoms with Crippen LogP contribution in [0.3, 0.4) is 0 Å². The fraction of sp³-hybridized carbons (Fsp3) is 0.333. The summed E-state index contributed by atoms with van der Waals surface area (Å²) in [5.74, 6) is -0.270. The number of carbonyl (C=O) groups excluding carboxylic acids is 2. The monoisotopic (exact) mass is 327 g/mol. The molecule has 0 fully saturated rings. The number of imide groups is 1. The van der Waals surface area contributed by atoms with Gasteiger partial charge >= 0.3 is 0 Å². The number of aryl methyl sites for hydroxylation is 3. The highest BCUT2D eigenvalue weighted by molar-refractivity contribution is 6.00. The van der Waals surface area contributed by atoms with Gasteiger partial charge in [-0.1, -0.05) is 73.9 Å². The van der Waals surface area contributed by atoms with Gasteiger partial charge in [-0.25, -0.2) is 0 Å². The predicted octanol–water partition coefficient (Wildman–Crippen LogP) is 4.94. The molecule has 0 saturated carbocycles. The first-order valence-electron chi connectivity index (χ1n) is 8.18. The van der Waals surface area contributed by atoms with E-state index in [0.29, 0.717) is 12.0 Å². The molecule has 0 atom stereocenters. The minimum Gasteiger partial charge on any atom is -0.284 e. The quantitative estimate of drug-likeness (QED) is 0.732. The zero-order valence-electron chi connectivity index (χ0n) is 15.7. The van der Waals surface area contributed by atoms with Gasteiger partial charge in [-0.05, 0) is 32.4 Å². The Hall–Kier alpha value is -2.42. The Kier molecular flexibility index (Phi) is 10.8. The van der Waals surface area contributed by atoms with E-state index in [9.17, 15) is 9.59 Å². The number of hydrogen-bond acceptors (Lipinski definition) is 2. The van der Waals surface area contributed by atoms with Crippen molar-refractivity contribution < 1.29 is 9.59 Å². The van der Waals surface area contributed by atoms with Gasteiger partial charge in [0.2, 0.25) is 6.41 Å². The number of rotatable bonds is 2. The molecule has 130 valence electrons. The average Bonchev–Trinajstić information content (AvgIpc) is 2.55. The van der Waals surface area contributed by atoms with E-state index >= 15 is 0 Å². The second-order valence-electron chi connectivity index (χ2n) is 5.70. The number of benzene rings is 2. The maximum absolute atomic E-state index is 11.5. The van der Waals surface area contributed by atoms with Crippen LogP contribution in [0, 0.1) is 20.8 Å². The van der Waals surface area contributed by atoms with Crippen molar-refractivity contribution in [3.63, 3.8) is 0 Å². The third kappa shape index (κ3) is 8.28. The second kappa shape index (κ2) is 12.1. The third-order valence-corrected chi connectivity index (χ3v) is 3.03. The van der Waals surface area contributed by atoms with E-state index in [1.165, 1.54) is 24.6 Å². The molecule has 0 heterocycles. The molecule has 0 aliphatic rings. The SMILES string of the molecule is CCC.Cc1cccc(C)c1.Cc1ccccc1C(=O)N(C)C=O. The Morgan fingerprint density at radius 2 is 1.46 bits per heavy atom. The fourth-order valence-corrected chi connectivity index (χ4v) is 1.86. The normalized spacial score (nSPS) is 8.92. The highest BCUT2D eigenvalue weighted by Gasteiger charge is 2.11. The Morgan fingerprint density at radius 3 is 1.83 bits per heavy atom. The van der Waals surface area contributed by atoms with Crippen molar-refractivity contribution in [2.75, 3.05) is 7.05 Å². The van der Waals surface area contributed by atoms with E-state index in [-0.39, 0.29) is 5.91 Å². The minimum absolute atomic E-state index is 0.270. The van der Waals surface area contributed by atoms with Crippen LogP contribution in [0.5, 0.6) is 0 Å². The first kappa shape index (κ1) is 21.6. The summed E-state index contributed by atoms with van der Waals surface area (Å²) >= 11 is 0. The number of amides is 2. The summed E-state index contributed by atoms with van der Waals surface area (Å²) in [5.41, 5.74) is 4.12. The van der Waals surface area contributed by atoms with Gasteiger partial charge in [-0.2, -0.15) is 0 Å². The molecule has 2 rings (SSSR count). The fourth-order valence-electron chi connectivity index (χ4n) is 1.86. The Bertz CT molecular complexity index is 618. The molecule has 0 aliphatic heterocycles. The van der Waals surface area contributed by atoms with Crippen molar-refractivity contribution >= 4 is 12.3 Å². The first-order chi connectivity index (χ1) is 11.4. The van der Waals surface area contributed by atoms with Gasteiger partial charge in [0.1, 0.15) is 0 Å².